The number of carbonyl (C=O) groups is 2. The fraction of sp³-hybridized carbons (Fsp3) is 0.714. The van der Waals surface area contributed by atoms with Crippen molar-refractivity contribution in [3.05, 3.63) is 12.2 Å². The van der Waals surface area contributed by atoms with Crippen LogP contribution in [0.25, 0.3) is 0 Å². The van der Waals surface area contributed by atoms with Crippen molar-refractivity contribution in [3.8, 4) is 0 Å². The molecule has 0 aromatic carbocycles. The van der Waals surface area contributed by atoms with Crippen molar-refractivity contribution in [3.63, 3.8) is 0 Å². The zero-order chi connectivity index (χ0) is 13.2. The first kappa shape index (κ1) is 14.7. The number of rotatable bonds is 4. The van der Waals surface area contributed by atoms with Gasteiger partial charge in [0.25, 0.3) is 0 Å². The number of carbonyl (C=O) groups excluding carboxylic acids is 2. The molecule has 1 aliphatic rings. The van der Waals surface area contributed by atoms with Gasteiger partial charge in [-0.05, 0) is 32.6 Å². The van der Waals surface area contributed by atoms with Gasteiger partial charge < -0.3 is 9.47 Å². The average Bonchev–Trinajstić information content (AvgIpc) is 2.30. The quantitative estimate of drug-likeness (QED) is 0.572. The van der Waals surface area contributed by atoms with Gasteiger partial charge in [0.2, 0.25) is 0 Å². The molecule has 1 saturated carbocycles. The summed E-state index contributed by atoms with van der Waals surface area (Å²) < 4.78 is 10.0. The molecule has 0 aromatic heterocycles. The van der Waals surface area contributed by atoms with Crippen LogP contribution in [-0.4, -0.2) is 24.6 Å². The summed E-state index contributed by atoms with van der Waals surface area (Å²) in [6.07, 6.45) is 10.1. The number of hydrogen-bond donors (Lipinski definition) is 0. The molecule has 0 bridgehead atoms. The Morgan fingerprint density at radius 1 is 1.00 bits per heavy atom. The monoisotopic (exact) mass is 254 g/mol. The van der Waals surface area contributed by atoms with Gasteiger partial charge in [-0.25, -0.2) is 9.59 Å². The summed E-state index contributed by atoms with van der Waals surface area (Å²) in [6.45, 7) is 2.03. The van der Waals surface area contributed by atoms with Gasteiger partial charge in [-0.1, -0.05) is 19.3 Å². The van der Waals surface area contributed by atoms with Crippen LogP contribution in [-0.2, 0) is 19.1 Å². The molecule has 0 aliphatic heterocycles. The largest absolute Gasteiger partial charge is 0.463 e. The third kappa shape index (κ3) is 6.42. The van der Waals surface area contributed by atoms with E-state index in [1.807, 2.05) is 0 Å². The van der Waals surface area contributed by atoms with Crippen LogP contribution in [0.4, 0.5) is 0 Å². The van der Waals surface area contributed by atoms with Gasteiger partial charge in [-0.2, -0.15) is 0 Å². The zero-order valence-corrected chi connectivity index (χ0v) is 11.0. The van der Waals surface area contributed by atoms with E-state index < -0.39 is 11.9 Å². The maximum Gasteiger partial charge on any atom is 0.331 e. The first-order valence-electron chi connectivity index (χ1n) is 6.78. The van der Waals surface area contributed by atoms with Crippen molar-refractivity contribution in [2.75, 3.05) is 6.61 Å². The molecule has 0 spiro atoms. The molecule has 1 rings (SSSR count). The minimum Gasteiger partial charge on any atom is -0.463 e. The van der Waals surface area contributed by atoms with Gasteiger partial charge >= 0.3 is 11.9 Å². The molecule has 0 atom stereocenters. The summed E-state index contributed by atoms with van der Waals surface area (Å²) in [5, 5.41) is 0. The lowest BCUT2D eigenvalue weighted by Gasteiger charge is -2.19. The van der Waals surface area contributed by atoms with Crippen molar-refractivity contribution in [1.29, 1.82) is 0 Å². The minimum atomic E-state index is -0.507. The number of esters is 2. The molecule has 4 nitrogen and oxygen atoms in total. The van der Waals surface area contributed by atoms with Crippen molar-refractivity contribution < 1.29 is 19.1 Å². The second kappa shape index (κ2) is 8.72. The highest BCUT2D eigenvalue weighted by molar-refractivity contribution is 5.91. The predicted molar refractivity (Wildman–Crippen MR) is 68.0 cm³/mol. The molecule has 0 aromatic rings. The van der Waals surface area contributed by atoms with Crippen LogP contribution < -0.4 is 0 Å². The molecule has 1 fully saturated rings. The lowest BCUT2D eigenvalue weighted by atomic mass is 9.99. The van der Waals surface area contributed by atoms with Crippen LogP contribution in [0.15, 0.2) is 12.2 Å². The first-order chi connectivity index (χ1) is 8.72. The maximum absolute atomic E-state index is 11.5. The molecule has 1 aliphatic carbocycles. The normalized spacial score (nSPS) is 18.1. The van der Waals surface area contributed by atoms with Gasteiger partial charge in [-0.15, -0.1) is 0 Å². The molecule has 0 unspecified atom stereocenters. The van der Waals surface area contributed by atoms with Crippen molar-refractivity contribution in [2.24, 2.45) is 0 Å². The van der Waals surface area contributed by atoms with Gasteiger partial charge in [0.15, 0.2) is 0 Å². The Morgan fingerprint density at radius 2 is 1.56 bits per heavy atom. The molecular weight excluding hydrogens is 232 g/mol. The fourth-order valence-corrected chi connectivity index (χ4v) is 2.07. The Labute approximate surface area is 108 Å². The summed E-state index contributed by atoms with van der Waals surface area (Å²) in [5.41, 5.74) is 0. The van der Waals surface area contributed by atoms with Crippen molar-refractivity contribution >= 4 is 11.9 Å². The summed E-state index contributed by atoms with van der Waals surface area (Å²) in [4.78, 5) is 22.5. The Morgan fingerprint density at radius 3 is 2.17 bits per heavy atom. The molecule has 4 heteroatoms. The Hall–Kier alpha value is -1.32. The van der Waals surface area contributed by atoms with Crippen LogP contribution in [0.5, 0.6) is 0 Å². The van der Waals surface area contributed by atoms with E-state index in [1.165, 1.54) is 19.3 Å². The second-order valence-corrected chi connectivity index (χ2v) is 4.49. The Bertz CT molecular complexity index is 288. The smallest absolute Gasteiger partial charge is 0.331 e. The maximum atomic E-state index is 11.5. The van der Waals surface area contributed by atoms with E-state index in [2.05, 4.69) is 4.74 Å². The fourth-order valence-electron chi connectivity index (χ4n) is 2.07. The third-order valence-corrected chi connectivity index (χ3v) is 2.98. The van der Waals surface area contributed by atoms with E-state index in [-0.39, 0.29) is 6.10 Å². The van der Waals surface area contributed by atoms with Crippen molar-refractivity contribution in [2.45, 2.75) is 58.0 Å². The van der Waals surface area contributed by atoms with Crippen LogP contribution in [0.2, 0.25) is 0 Å². The molecule has 0 heterocycles. The van der Waals surface area contributed by atoms with E-state index in [1.54, 1.807) is 6.92 Å². The van der Waals surface area contributed by atoms with E-state index in [9.17, 15) is 9.59 Å². The van der Waals surface area contributed by atoms with E-state index in [0.717, 1.165) is 37.8 Å². The topological polar surface area (TPSA) is 52.6 Å². The summed E-state index contributed by atoms with van der Waals surface area (Å²) in [7, 11) is 0. The second-order valence-electron chi connectivity index (χ2n) is 4.49. The van der Waals surface area contributed by atoms with Crippen LogP contribution in [0.1, 0.15) is 51.9 Å². The number of hydrogen-bond acceptors (Lipinski definition) is 4. The van der Waals surface area contributed by atoms with Gasteiger partial charge in [-0.3, -0.25) is 0 Å². The highest BCUT2D eigenvalue weighted by atomic mass is 16.5. The highest BCUT2D eigenvalue weighted by Crippen LogP contribution is 2.19. The first-order valence-corrected chi connectivity index (χ1v) is 6.78. The zero-order valence-electron chi connectivity index (χ0n) is 11.0. The van der Waals surface area contributed by atoms with E-state index in [4.69, 9.17) is 4.74 Å². The standard InChI is InChI=1S/C14H22O4/c1-2-17-13(15)10-11-14(16)18-12-8-6-4-3-5-7-9-12/h10-12H,2-9H2,1H3/b11-10+. The van der Waals surface area contributed by atoms with Crippen LogP contribution in [0.3, 0.4) is 0 Å². The summed E-state index contributed by atoms with van der Waals surface area (Å²) in [5.74, 6) is -0.958. The van der Waals surface area contributed by atoms with Gasteiger partial charge in [0.1, 0.15) is 6.10 Å². The molecular formula is C14H22O4. The molecule has 18 heavy (non-hydrogen) atoms. The molecule has 102 valence electrons. The Balaban J connectivity index is 2.31. The lowest BCUT2D eigenvalue weighted by Crippen LogP contribution is -2.18. The summed E-state index contributed by atoms with van der Waals surface area (Å²) in [6, 6.07) is 0. The number of ether oxygens (including phenoxy) is 2. The summed E-state index contributed by atoms with van der Waals surface area (Å²) >= 11 is 0. The predicted octanol–water partition coefficient (Wildman–Crippen LogP) is 2.76. The molecule has 0 radical (unpaired) electrons. The highest BCUT2D eigenvalue weighted by Gasteiger charge is 2.14. The molecule has 0 amide bonds. The minimum absolute atomic E-state index is 0.00430. The van der Waals surface area contributed by atoms with Gasteiger partial charge in [0.05, 0.1) is 6.61 Å². The van der Waals surface area contributed by atoms with E-state index in [0.29, 0.717) is 6.61 Å². The molecule has 0 saturated heterocycles. The average molecular weight is 254 g/mol. The molecule has 0 N–H and O–H groups in total. The van der Waals surface area contributed by atoms with Crippen LogP contribution >= 0.6 is 0 Å². The lowest BCUT2D eigenvalue weighted by molar-refractivity contribution is -0.144. The van der Waals surface area contributed by atoms with Gasteiger partial charge in [0, 0.05) is 12.2 Å². The Kier molecular flexibility index (Phi) is 7.14. The van der Waals surface area contributed by atoms with E-state index >= 15 is 0 Å². The van der Waals surface area contributed by atoms with Crippen molar-refractivity contribution in [1.82, 2.24) is 0 Å². The SMILES string of the molecule is CCOC(=O)/C=C/C(=O)OC1CCCCCCC1. The van der Waals surface area contributed by atoms with Crippen LogP contribution in [0, 0.1) is 0 Å². The third-order valence-electron chi connectivity index (χ3n) is 2.98.